The van der Waals surface area contributed by atoms with Crippen LogP contribution in [0.2, 0.25) is 5.02 Å². The minimum Gasteiger partial charge on any atom is -0.508 e. The summed E-state index contributed by atoms with van der Waals surface area (Å²) in [5.41, 5.74) is 0.823. The lowest BCUT2D eigenvalue weighted by Crippen LogP contribution is -2.16. The number of ether oxygens (including phenoxy) is 1. The van der Waals surface area contributed by atoms with E-state index >= 15 is 0 Å². The van der Waals surface area contributed by atoms with E-state index in [4.69, 9.17) is 16.3 Å². The van der Waals surface area contributed by atoms with Gasteiger partial charge in [0, 0.05) is 30.3 Å². The van der Waals surface area contributed by atoms with Crippen LogP contribution in [0.5, 0.6) is 5.75 Å². The summed E-state index contributed by atoms with van der Waals surface area (Å²) in [4.78, 5) is 0. The molecule has 0 saturated heterocycles. The van der Waals surface area contributed by atoms with Gasteiger partial charge in [-0.15, -0.1) is 0 Å². The molecule has 0 atom stereocenters. The Labute approximate surface area is 101 Å². The van der Waals surface area contributed by atoms with Crippen molar-refractivity contribution in [3.63, 3.8) is 0 Å². The van der Waals surface area contributed by atoms with E-state index in [1.165, 1.54) is 0 Å². The van der Waals surface area contributed by atoms with E-state index in [1.807, 2.05) is 6.92 Å². The van der Waals surface area contributed by atoms with Crippen LogP contribution in [0.3, 0.4) is 0 Å². The predicted octanol–water partition coefficient (Wildman–Crippen LogP) is 2.56. The average molecular weight is 244 g/mol. The predicted molar refractivity (Wildman–Crippen MR) is 65.9 cm³/mol. The van der Waals surface area contributed by atoms with Crippen LogP contribution in [0, 0.1) is 0 Å². The normalized spacial score (nSPS) is 10.6. The second kappa shape index (κ2) is 7.49. The van der Waals surface area contributed by atoms with Crippen LogP contribution < -0.4 is 5.32 Å². The minimum atomic E-state index is 0.279. The van der Waals surface area contributed by atoms with Crippen LogP contribution in [0.25, 0.3) is 0 Å². The van der Waals surface area contributed by atoms with Gasteiger partial charge in [-0.1, -0.05) is 11.6 Å². The van der Waals surface area contributed by atoms with Gasteiger partial charge in [0.05, 0.1) is 0 Å². The molecule has 16 heavy (non-hydrogen) atoms. The summed E-state index contributed by atoms with van der Waals surface area (Å²) in [5, 5.41) is 13.4. The average Bonchev–Trinajstić information content (AvgIpc) is 2.28. The van der Waals surface area contributed by atoms with Crippen molar-refractivity contribution in [1.29, 1.82) is 0 Å². The van der Waals surface area contributed by atoms with E-state index in [0.717, 1.165) is 31.7 Å². The zero-order chi connectivity index (χ0) is 11.8. The van der Waals surface area contributed by atoms with Crippen LogP contribution in [0.4, 0.5) is 0 Å². The number of hydrogen-bond donors (Lipinski definition) is 2. The van der Waals surface area contributed by atoms with Crippen LogP contribution in [0.15, 0.2) is 18.2 Å². The molecule has 2 N–H and O–H groups in total. The van der Waals surface area contributed by atoms with Gasteiger partial charge in [-0.3, -0.25) is 0 Å². The molecule has 0 aromatic heterocycles. The molecular formula is C12H18ClNO2. The van der Waals surface area contributed by atoms with Crippen molar-refractivity contribution < 1.29 is 9.84 Å². The Bertz CT molecular complexity index is 318. The molecular weight excluding hydrogens is 226 g/mol. The van der Waals surface area contributed by atoms with E-state index in [1.54, 1.807) is 18.2 Å². The van der Waals surface area contributed by atoms with Gasteiger partial charge < -0.3 is 15.2 Å². The van der Waals surface area contributed by atoms with E-state index in [9.17, 15) is 5.11 Å². The van der Waals surface area contributed by atoms with Crippen LogP contribution in [-0.4, -0.2) is 24.9 Å². The zero-order valence-electron chi connectivity index (χ0n) is 9.50. The maximum absolute atomic E-state index is 9.55. The van der Waals surface area contributed by atoms with E-state index < -0.39 is 0 Å². The first-order valence-corrected chi connectivity index (χ1v) is 5.87. The highest BCUT2D eigenvalue weighted by Crippen LogP contribution is 2.20. The lowest BCUT2D eigenvalue weighted by molar-refractivity contribution is 0.144. The standard InChI is InChI=1S/C12H18ClNO2/c1-2-16-7-3-6-14-9-10-8-11(13)4-5-12(10)15/h4-5,8,14-15H,2-3,6-7,9H2,1H3. The Balaban J connectivity index is 2.23. The fourth-order valence-electron chi connectivity index (χ4n) is 1.36. The van der Waals surface area contributed by atoms with Crippen molar-refractivity contribution in [1.82, 2.24) is 5.32 Å². The summed E-state index contributed by atoms with van der Waals surface area (Å²) in [7, 11) is 0. The van der Waals surface area contributed by atoms with Gasteiger partial charge in [-0.2, -0.15) is 0 Å². The van der Waals surface area contributed by atoms with E-state index in [0.29, 0.717) is 11.6 Å². The first kappa shape index (κ1) is 13.3. The highest BCUT2D eigenvalue weighted by Gasteiger charge is 2.01. The van der Waals surface area contributed by atoms with Crippen molar-refractivity contribution in [2.45, 2.75) is 19.9 Å². The molecule has 1 rings (SSSR count). The van der Waals surface area contributed by atoms with Crippen LogP contribution >= 0.6 is 11.6 Å². The van der Waals surface area contributed by atoms with Gasteiger partial charge >= 0.3 is 0 Å². The highest BCUT2D eigenvalue weighted by atomic mass is 35.5. The Morgan fingerprint density at radius 1 is 1.44 bits per heavy atom. The van der Waals surface area contributed by atoms with Crippen molar-refractivity contribution >= 4 is 11.6 Å². The van der Waals surface area contributed by atoms with Gasteiger partial charge in [0.15, 0.2) is 0 Å². The number of phenolic OH excluding ortho intramolecular Hbond substituents is 1. The molecule has 0 bridgehead atoms. The number of nitrogens with one attached hydrogen (secondary N) is 1. The largest absolute Gasteiger partial charge is 0.508 e. The first-order chi connectivity index (χ1) is 7.74. The third-order valence-electron chi connectivity index (χ3n) is 2.20. The topological polar surface area (TPSA) is 41.5 Å². The van der Waals surface area contributed by atoms with Crippen molar-refractivity contribution in [3.8, 4) is 5.75 Å². The van der Waals surface area contributed by atoms with Gasteiger partial charge in [-0.25, -0.2) is 0 Å². The monoisotopic (exact) mass is 243 g/mol. The molecule has 1 aromatic carbocycles. The fraction of sp³-hybridized carbons (Fsp3) is 0.500. The smallest absolute Gasteiger partial charge is 0.120 e. The minimum absolute atomic E-state index is 0.279. The fourth-order valence-corrected chi connectivity index (χ4v) is 1.56. The molecule has 0 heterocycles. The number of aromatic hydroxyl groups is 1. The molecule has 0 aliphatic heterocycles. The molecule has 3 nitrogen and oxygen atoms in total. The maximum atomic E-state index is 9.55. The van der Waals surface area contributed by atoms with Crippen LogP contribution in [0.1, 0.15) is 18.9 Å². The molecule has 0 aliphatic rings. The molecule has 1 aromatic rings. The third kappa shape index (κ3) is 4.84. The van der Waals surface area contributed by atoms with E-state index in [-0.39, 0.29) is 5.75 Å². The number of phenols is 1. The summed E-state index contributed by atoms with van der Waals surface area (Å²) in [6.45, 7) is 5.00. The van der Waals surface area contributed by atoms with Crippen LogP contribution in [-0.2, 0) is 11.3 Å². The van der Waals surface area contributed by atoms with Crippen molar-refractivity contribution in [3.05, 3.63) is 28.8 Å². The molecule has 0 saturated carbocycles. The molecule has 0 radical (unpaired) electrons. The second-order valence-electron chi connectivity index (χ2n) is 3.50. The molecule has 4 heteroatoms. The summed E-state index contributed by atoms with van der Waals surface area (Å²) >= 11 is 5.84. The number of hydrogen-bond acceptors (Lipinski definition) is 3. The summed E-state index contributed by atoms with van der Waals surface area (Å²) in [6.07, 6.45) is 0.967. The molecule has 0 unspecified atom stereocenters. The Kier molecular flexibility index (Phi) is 6.23. The summed E-state index contributed by atoms with van der Waals surface area (Å²) in [5.74, 6) is 0.279. The Hall–Kier alpha value is -0.770. The van der Waals surface area contributed by atoms with Gasteiger partial charge in [0.25, 0.3) is 0 Å². The van der Waals surface area contributed by atoms with Gasteiger partial charge in [0.1, 0.15) is 5.75 Å². The highest BCUT2D eigenvalue weighted by molar-refractivity contribution is 6.30. The molecule has 90 valence electrons. The third-order valence-corrected chi connectivity index (χ3v) is 2.44. The molecule has 0 aliphatic carbocycles. The number of rotatable bonds is 7. The van der Waals surface area contributed by atoms with Gasteiger partial charge in [0.2, 0.25) is 0 Å². The SMILES string of the molecule is CCOCCCNCc1cc(Cl)ccc1O. The maximum Gasteiger partial charge on any atom is 0.120 e. The zero-order valence-corrected chi connectivity index (χ0v) is 10.3. The number of halogens is 1. The summed E-state index contributed by atoms with van der Waals surface area (Å²) in [6, 6.07) is 5.06. The molecule has 0 fully saturated rings. The number of benzene rings is 1. The molecule has 0 spiro atoms. The summed E-state index contributed by atoms with van der Waals surface area (Å²) < 4.78 is 5.22. The second-order valence-corrected chi connectivity index (χ2v) is 3.94. The van der Waals surface area contributed by atoms with Gasteiger partial charge in [-0.05, 0) is 38.1 Å². The molecule has 0 amide bonds. The van der Waals surface area contributed by atoms with E-state index in [2.05, 4.69) is 5.32 Å². The van der Waals surface area contributed by atoms with Crippen molar-refractivity contribution in [2.24, 2.45) is 0 Å². The first-order valence-electron chi connectivity index (χ1n) is 5.50. The van der Waals surface area contributed by atoms with Crippen molar-refractivity contribution in [2.75, 3.05) is 19.8 Å². The lowest BCUT2D eigenvalue weighted by atomic mass is 10.2. The lowest BCUT2D eigenvalue weighted by Gasteiger charge is -2.07. The Morgan fingerprint density at radius 2 is 2.25 bits per heavy atom. The quantitative estimate of drug-likeness (QED) is 0.724. The Morgan fingerprint density at radius 3 is 3.00 bits per heavy atom.